The van der Waals surface area contributed by atoms with Crippen molar-refractivity contribution in [3.8, 4) is 11.5 Å². The summed E-state index contributed by atoms with van der Waals surface area (Å²) in [5.74, 6) is 1.08. The van der Waals surface area contributed by atoms with Gasteiger partial charge in [-0.3, -0.25) is 4.79 Å². The predicted octanol–water partition coefficient (Wildman–Crippen LogP) is 3.49. The van der Waals surface area contributed by atoms with Gasteiger partial charge in [-0.05, 0) is 48.9 Å². The number of nitrogens with zero attached hydrogens (tertiary/aromatic N) is 2. The van der Waals surface area contributed by atoms with Crippen LogP contribution in [0.4, 0.5) is 10.2 Å². The van der Waals surface area contributed by atoms with Gasteiger partial charge in [0.2, 0.25) is 0 Å². The summed E-state index contributed by atoms with van der Waals surface area (Å²) < 4.78 is 25.3. The molecule has 7 heteroatoms. The molecule has 1 N–H and O–H groups in total. The van der Waals surface area contributed by atoms with E-state index in [4.69, 9.17) is 9.47 Å². The molecule has 0 saturated heterocycles. The van der Waals surface area contributed by atoms with Crippen LogP contribution in [-0.4, -0.2) is 28.9 Å². The van der Waals surface area contributed by atoms with Crippen molar-refractivity contribution < 1.29 is 18.7 Å². The van der Waals surface area contributed by atoms with E-state index in [9.17, 15) is 9.18 Å². The number of halogens is 1. The molecule has 1 aromatic heterocycles. The van der Waals surface area contributed by atoms with Crippen LogP contribution in [0.3, 0.4) is 0 Å². The Morgan fingerprint density at radius 3 is 2.44 bits per heavy atom. The number of rotatable bonds is 7. The average molecular weight is 369 g/mol. The SMILES string of the molecule is COc1ccc(Cn2nccc2NC(=O)[C@H](C)Oc2ccc(F)cc2)cc1. The van der Waals surface area contributed by atoms with E-state index in [1.807, 2.05) is 24.3 Å². The number of benzene rings is 2. The minimum absolute atomic E-state index is 0.323. The highest BCUT2D eigenvalue weighted by Crippen LogP contribution is 2.16. The number of hydrogen-bond donors (Lipinski definition) is 1. The number of methoxy groups -OCH3 is 1. The number of carbonyl (C=O) groups is 1. The van der Waals surface area contributed by atoms with E-state index in [1.54, 1.807) is 31.0 Å². The molecule has 3 aromatic rings. The van der Waals surface area contributed by atoms with Crippen molar-refractivity contribution in [3.05, 3.63) is 72.2 Å². The first-order valence-corrected chi connectivity index (χ1v) is 8.43. The highest BCUT2D eigenvalue weighted by atomic mass is 19.1. The molecule has 27 heavy (non-hydrogen) atoms. The Morgan fingerprint density at radius 1 is 1.11 bits per heavy atom. The molecule has 0 spiro atoms. The van der Waals surface area contributed by atoms with Crippen LogP contribution in [0, 0.1) is 5.82 Å². The second-order valence-corrected chi connectivity index (χ2v) is 5.93. The molecule has 1 atom stereocenters. The first-order valence-electron chi connectivity index (χ1n) is 8.43. The Morgan fingerprint density at radius 2 is 1.78 bits per heavy atom. The molecule has 0 radical (unpaired) electrons. The lowest BCUT2D eigenvalue weighted by Crippen LogP contribution is -2.31. The van der Waals surface area contributed by atoms with E-state index < -0.39 is 6.10 Å². The maximum atomic E-state index is 12.9. The van der Waals surface area contributed by atoms with Gasteiger partial charge in [0.25, 0.3) is 5.91 Å². The molecule has 2 aromatic carbocycles. The fraction of sp³-hybridized carbons (Fsp3) is 0.200. The molecule has 1 amide bonds. The Balaban J connectivity index is 1.62. The smallest absolute Gasteiger partial charge is 0.266 e. The molecule has 0 bridgehead atoms. The average Bonchev–Trinajstić information content (AvgIpc) is 3.10. The largest absolute Gasteiger partial charge is 0.497 e. The van der Waals surface area contributed by atoms with Crippen LogP contribution < -0.4 is 14.8 Å². The molecule has 0 aliphatic carbocycles. The molecular weight excluding hydrogens is 349 g/mol. The van der Waals surface area contributed by atoms with E-state index >= 15 is 0 Å². The number of amides is 1. The Hall–Kier alpha value is -3.35. The van der Waals surface area contributed by atoms with Gasteiger partial charge in [0, 0.05) is 6.07 Å². The second-order valence-electron chi connectivity index (χ2n) is 5.93. The van der Waals surface area contributed by atoms with Crippen LogP contribution in [0.5, 0.6) is 11.5 Å². The zero-order valence-electron chi connectivity index (χ0n) is 15.1. The highest BCUT2D eigenvalue weighted by Gasteiger charge is 2.17. The number of hydrogen-bond acceptors (Lipinski definition) is 4. The summed E-state index contributed by atoms with van der Waals surface area (Å²) in [7, 11) is 1.62. The lowest BCUT2D eigenvalue weighted by atomic mass is 10.2. The van der Waals surface area contributed by atoms with E-state index in [1.165, 1.54) is 24.3 Å². The van der Waals surface area contributed by atoms with Crippen molar-refractivity contribution >= 4 is 11.7 Å². The number of ether oxygens (including phenoxy) is 2. The van der Waals surface area contributed by atoms with Gasteiger partial charge in [0.15, 0.2) is 6.10 Å². The minimum Gasteiger partial charge on any atom is -0.497 e. The predicted molar refractivity (Wildman–Crippen MR) is 99.4 cm³/mol. The maximum Gasteiger partial charge on any atom is 0.266 e. The van der Waals surface area contributed by atoms with Crippen LogP contribution >= 0.6 is 0 Å². The summed E-state index contributed by atoms with van der Waals surface area (Å²) in [6.07, 6.45) is 0.866. The van der Waals surface area contributed by atoms with Crippen LogP contribution in [0.1, 0.15) is 12.5 Å². The molecule has 0 unspecified atom stereocenters. The van der Waals surface area contributed by atoms with E-state index in [0.717, 1.165) is 11.3 Å². The van der Waals surface area contributed by atoms with Crippen molar-refractivity contribution in [1.82, 2.24) is 9.78 Å². The van der Waals surface area contributed by atoms with Gasteiger partial charge in [-0.25, -0.2) is 9.07 Å². The summed E-state index contributed by atoms with van der Waals surface area (Å²) in [5.41, 5.74) is 1.02. The van der Waals surface area contributed by atoms with E-state index in [2.05, 4.69) is 10.4 Å². The normalized spacial score (nSPS) is 11.7. The summed E-state index contributed by atoms with van der Waals surface area (Å²) in [6.45, 7) is 2.13. The Bertz CT molecular complexity index is 892. The number of nitrogens with one attached hydrogen (secondary N) is 1. The molecule has 0 fully saturated rings. The molecule has 0 saturated carbocycles. The second kappa shape index (κ2) is 8.35. The molecule has 1 heterocycles. The third-order valence-corrected chi connectivity index (χ3v) is 3.95. The highest BCUT2D eigenvalue weighted by molar-refractivity contribution is 5.93. The summed E-state index contributed by atoms with van der Waals surface area (Å²) >= 11 is 0. The molecular formula is C20H20FN3O3. The van der Waals surface area contributed by atoms with Gasteiger partial charge in [-0.1, -0.05) is 12.1 Å². The summed E-state index contributed by atoms with van der Waals surface area (Å²) in [5, 5.41) is 7.05. The van der Waals surface area contributed by atoms with Gasteiger partial charge < -0.3 is 14.8 Å². The van der Waals surface area contributed by atoms with Crippen molar-refractivity contribution in [2.24, 2.45) is 0 Å². The first kappa shape index (κ1) is 18.4. The first-order chi connectivity index (χ1) is 13.0. The van der Waals surface area contributed by atoms with Crippen LogP contribution in [-0.2, 0) is 11.3 Å². The quantitative estimate of drug-likeness (QED) is 0.692. The standard InChI is InChI=1S/C20H20FN3O3/c1-14(27-18-9-5-16(21)6-10-18)20(25)23-19-11-12-22-24(19)13-15-3-7-17(26-2)8-4-15/h3-12,14H,13H2,1-2H3,(H,23,25)/t14-/m0/s1. The van der Waals surface area contributed by atoms with Crippen LogP contribution in [0.15, 0.2) is 60.8 Å². The van der Waals surface area contributed by atoms with Gasteiger partial charge >= 0.3 is 0 Å². The molecule has 6 nitrogen and oxygen atoms in total. The molecule has 3 rings (SSSR count). The number of carbonyl (C=O) groups excluding carboxylic acids is 1. The summed E-state index contributed by atoms with van der Waals surface area (Å²) in [4.78, 5) is 12.4. The third-order valence-electron chi connectivity index (χ3n) is 3.95. The van der Waals surface area contributed by atoms with Crippen molar-refractivity contribution in [2.75, 3.05) is 12.4 Å². The Labute approximate surface area is 156 Å². The minimum atomic E-state index is -0.750. The zero-order chi connectivity index (χ0) is 19.2. The van der Waals surface area contributed by atoms with Crippen molar-refractivity contribution in [1.29, 1.82) is 0 Å². The number of anilines is 1. The lowest BCUT2D eigenvalue weighted by Gasteiger charge is -2.15. The molecule has 140 valence electrons. The monoisotopic (exact) mass is 369 g/mol. The van der Waals surface area contributed by atoms with Crippen LogP contribution in [0.2, 0.25) is 0 Å². The fourth-order valence-electron chi connectivity index (χ4n) is 2.47. The topological polar surface area (TPSA) is 65.4 Å². The molecule has 0 aliphatic heterocycles. The van der Waals surface area contributed by atoms with Crippen molar-refractivity contribution in [3.63, 3.8) is 0 Å². The maximum absolute atomic E-state index is 12.9. The summed E-state index contributed by atoms with van der Waals surface area (Å²) in [6, 6.07) is 14.9. The molecule has 0 aliphatic rings. The van der Waals surface area contributed by atoms with Gasteiger partial charge in [0.1, 0.15) is 23.1 Å². The third kappa shape index (κ3) is 4.84. The Kier molecular flexibility index (Phi) is 5.71. The fourth-order valence-corrected chi connectivity index (χ4v) is 2.47. The van der Waals surface area contributed by atoms with Crippen molar-refractivity contribution in [2.45, 2.75) is 19.6 Å². The van der Waals surface area contributed by atoms with E-state index in [-0.39, 0.29) is 11.7 Å². The lowest BCUT2D eigenvalue weighted by molar-refractivity contribution is -0.122. The zero-order valence-corrected chi connectivity index (χ0v) is 15.1. The van der Waals surface area contributed by atoms with Gasteiger partial charge in [-0.15, -0.1) is 0 Å². The van der Waals surface area contributed by atoms with Gasteiger partial charge in [0.05, 0.1) is 19.9 Å². The van der Waals surface area contributed by atoms with Crippen LogP contribution in [0.25, 0.3) is 0 Å². The van der Waals surface area contributed by atoms with Gasteiger partial charge in [-0.2, -0.15) is 5.10 Å². The number of aromatic nitrogens is 2. The van der Waals surface area contributed by atoms with E-state index in [0.29, 0.717) is 18.1 Å².